The zero-order chi connectivity index (χ0) is 22.9. The van der Waals surface area contributed by atoms with Gasteiger partial charge in [0, 0.05) is 36.3 Å². The summed E-state index contributed by atoms with van der Waals surface area (Å²) in [5.74, 6) is 6.45. The Kier molecular flexibility index (Phi) is 5.72. The fraction of sp³-hybridized carbons (Fsp3) is 0.346. The van der Waals surface area contributed by atoms with E-state index in [1.807, 2.05) is 53.4 Å². The molecule has 0 radical (unpaired) electrons. The lowest BCUT2D eigenvalue weighted by Crippen LogP contribution is -2.34. The van der Waals surface area contributed by atoms with Gasteiger partial charge in [0.1, 0.15) is 5.84 Å². The first-order valence-corrected chi connectivity index (χ1v) is 11.6. The van der Waals surface area contributed by atoms with E-state index in [1.54, 1.807) is 11.9 Å². The Labute approximate surface area is 193 Å². The van der Waals surface area contributed by atoms with Crippen LogP contribution in [-0.4, -0.2) is 53.9 Å². The number of hydrogen-bond donors (Lipinski definition) is 1. The Morgan fingerprint density at radius 1 is 1.06 bits per heavy atom. The standard InChI is InChI=1S/C26H28N4O3/c1-2-33-26(32)22-16-20-15-19(9-10-23(20)28-24-21(22)11-14-30(24)27)17-5-7-18(8-6-17)25(31)29-12-3-4-13-29/h5-10,15-16,21H,2-4,11-14,27H2,1H3. The van der Waals surface area contributed by atoms with Crippen molar-refractivity contribution in [2.24, 2.45) is 16.8 Å². The van der Waals surface area contributed by atoms with Crippen LogP contribution in [0.25, 0.3) is 17.2 Å². The molecule has 3 aliphatic rings. The van der Waals surface area contributed by atoms with Crippen LogP contribution in [0.1, 0.15) is 42.1 Å². The minimum atomic E-state index is -0.325. The van der Waals surface area contributed by atoms with Crippen LogP contribution in [0.4, 0.5) is 5.69 Å². The maximum absolute atomic E-state index is 12.7. The van der Waals surface area contributed by atoms with Crippen molar-refractivity contribution >= 4 is 29.5 Å². The highest BCUT2D eigenvalue weighted by Crippen LogP contribution is 2.37. The normalized spacial score (nSPS) is 19.4. The Balaban J connectivity index is 1.48. The summed E-state index contributed by atoms with van der Waals surface area (Å²) in [5.41, 5.74) is 4.91. The summed E-state index contributed by atoms with van der Waals surface area (Å²) in [6.45, 7) is 4.44. The Bertz CT molecular complexity index is 1150. The molecular weight excluding hydrogens is 416 g/mol. The molecule has 5 rings (SSSR count). The number of hydrogen-bond acceptors (Lipinski definition) is 6. The van der Waals surface area contributed by atoms with Crippen molar-refractivity contribution in [2.45, 2.75) is 26.2 Å². The van der Waals surface area contributed by atoms with Crippen molar-refractivity contribution in [3.8, 4) is 11.1 Å². The smallest absolute Gasteiger partial charge is 0.334 e. The molecule has 33 heavy (non-hydrogen) atoms. The Morgan fingerprint density at radius 2 is 1.79 bits per heavy atom. The molecule has 2 saturated heterocycles. The van der Waals surface area contributed by atoms with Crippen molar-refractivity contribution in [1.82, 2.24) is 9.91 Å². The second-order valence-electron chi connectivity index (χ2n) is 8.68. The van der Waals surface area contributed by atoms with Gasteiger partial charge >= 0.3 is 5.97 Å². The summed E-state index contributed by atoms with van der Waals surface area (Å²) >= 11 is 0. The third kappa shape index (κ3) is 4.04. The van der Waals surface area contributed by atoms with Crippen LogP contribution in [-0.2, 0) is 9.53 Å². The van der Waals surface area contributed by atoms with E-state index in [2.05, 4.69) is 0 Å². The summed E-state index contributed by atoms with van der Waals surface area (Å²) in [4.78, 5) is 32.1. The molecule has 0 aliphatic carbocycles. The van der Waals surface area contributed by atoms with Crippen LogP contribution in [0.15, 0.2) is 53.0 Å². The number of nitrogens with zero attached hydrogens (tertiary/aromatic N) is 3. The van der Waals surface area contributed by atoms with E-state index in [0.717, 1.165) is 54.7 Å². The van der Waals surface area contributed by atoms with Gasteiger partial charge in [-0.15, -0.1) is 0 Å². The number of nitrogens with two attached hydrogens (primary N) is 1. The molecule has 3 aliphatic heterocycles. The second-order valence-corrected chi connectivity index (χ2v) is 8.68. The lowest BCUT2D eigenvalue weighted by molar-refractivity contribution is -0.138. The van der Waals surface area contributed by atoms with Gasteiger partial charge in [-0.05, 0) is 67.7 Å². The third-order valence-electron chi connectivity index (χ3n) is 6.58. The predicted molar refractivity (Wildman–Crippen MR) is 128 cm³/mol. The molecule has 0 saturated carbocycles. The lowest BCUT2D eigenvalue weighted by Gasteiger charge is -2.15. The Morgan fingerprint density at radius 3 is 2.52 bits per heavy atom. The molecular formula is C26H28N4O3. The highest BCUT2D eigenvalue weighted by Gasteiger charge is 2.36. The topological polar surface area (TPSA) is 88.2 Å². The van der Waals surface area contributed by atoms with Gasteiger partial charge in [0.2, 0.25) is 0 Å². The first-order chi connectivity index (χ1) is 16.0. The van der Waals surface area contributed by atoms with E-state index in [-0.39, 0.29) is 17.8 Å². The van der Waals surface area contributed by atoms with E-state index in [0.29, 0.717) is 30.1 Å². The van der Waals surface area contributed by atoms with Crippen LogP contribution in [0.3, 0.4) is 0 Å². The quantitative estimate of drug-likeness (QED) is 0.573. The van der Waals surface area contributed by atoms with Gasteiger partial charge in [-0.1, -0.05) is 18.2 Å². The molecule has 7 heteroatoms. The number of hydrazine groups is 1. The molecule has 2 aromatic carbocycles. The van der Waals surface area contributed by atoms with Gasteiger partial charge in [0.05, 0.1) is 18.2 Å². The monoisotopic (exact) mass is 444 g/mol. The van der Waals surface area contributed by atoms with Crippen LogP contribution in [0.5, 0.6) is 0 Å². The molecule has 1 amide bonds. The second kappa shape index (κ2) is 8.83. The number of rotatable bonds is 4. The Hall–Kier alpha value is -3.45. The SMILES string of the molecule is CCOC(=O)C1=Cc2cc(-c3ccc(C(=O)N4CCCC4)cc3)ccc2N=C2C1CCN2N. The molecule has 2 N–H and O–H groups in total. The zero-order valence-corrected chi connectivity index (χ0v) is 18.8. The number of amidine groups is 1. The predicted octanol–water partition coefficient (Wildman–Crippen LogP) is 3.78. The van der Waals surface area contributed by atoms with Crippen LogP contribution in [0, 0.1) is 5.92 Å². The first-order valence-electron chi connectivity index (χ1n) is 11.6. The maximum atomic E-state index is 12.7. The van der Waals surface area contributed by atoms with E-state index in [4.69, 9.17) is 15.6 Å². The van der Waals surface area contributed by atoms with Crippen LogP contribution in [0.2, 0.25) is 0 Å². The van der Waals surface area contributed by atoms with E-state index in [1.165, 1.54) is 0 Å². The molecule has 1 unspecified atom stereocenters. The van der Waals surface area contributed by atoms with Gasteiger partial charge in [0.25, 0.3) is 5.91 Å². The minimum Gasteiger partial charge on any atom is -0.463 e. The zero-order valence-electron chi connectivity index (χ0n) is 18.8. The van der Waals surface area contributed by atoms with Crippen molar-refractivity contribution in [3.63, 3.8) is 0 Å². The van der Waals surface area contributed by atoms with Crippen molar-refractivity contribution in [3.05, 3.63) is 59.2 Å². The highest BCUT2D eigenvalue weighted by atomic mass is 16.5. The maximum Gasteiger partial charge on any atom is 0.334 e. The van der Waals surface area contributed by atoms with Crippen LogP contribution < -0.4 is 5.84 Å². The number of carbonyl (C=O) groups excluding carboxylic acids is 2. The van der Waals surface area contributed by atoms with Gasteiger partial charge < -0.3 is 9.64 Å². The number of ether oxygens (including phenoxy) is 1. The summed E-state index contributed by atoms with van der Waals surface area (Å²) in [6, 6.07) is 13.7. The average molecular weight is 445 g/mol. The largest absolute Gasteiger partial charge is 0.463 e. The highest BCUT2D eigenvalue weighted by molar-refractivity contribution is 6.06. The van der Waals surface area contributed by atoms with Crippen molar-refractivity contribution in [1.29, 1.82) is 0 Å². The van der Waals surface area contributed by atoms with Crippen molar-refractivity contribution in [2.75, 3.05) is 26.2 Å². The number of aliphatic imine (C=N–C) groups is 1. The molecule has 170 valence electrons. The third-order valence-corrected chi connectivity index (χ3v) is 6.58. The fourth-order valence-electron chi connectivity index (χ4n) is 4.82. The molecule has 3 heterocycles. The number of likely N-dealkylation sites (tertiary alicyclic amines) is 1. The van der Waals surface area contributed by atoms with Crippen LogP contribution >= 0.6 is 0 Å². The molecule has 2 fully saturated rings. The van der Waals surface area contributed by atoms with Gasteiger partial charge in [-0.2, -0.15) is 0 Å². The molecule has 7 nitrogen and oxygen atoms in total. The van der Waals surface area contributed by atoms with Gasteiger partial charge in [-0.3, -0.25) is 9.80 Å². The number of esters is 1. The number of amides is 1. The summed E-state index contributed by atoms with van der Waals surface area (Å²) in [7, 11) is 0. The fourth-order valence-corrected chi connectivity index (χ4v) is 4.82. The average Bonchev–Trinajstić information content (AvgIpc) is 3.45. The molecule has 0 spiro atoms. The first kappa shape index (κ1) is 21.4. The molecule has 1 atom stereocenters. The van der Waals surface area contributed by atoms with Gasteiger partial charge in [0.15, 0.2) is 0 Å². The van der Waals surface area contributed by atoms with E-state index >= 15 is 0 Å². The summed E-state index contributed by atoms with van der Waals surface area (Å²) in [6.07, 6.45) is 4.77. The van der Waals surface area contributed by atoms with Crippen molar-refractivity contribution < 1.29 is 14.3 Å². The number of fused-ring (bicyclic) bond motifs is 2. The molecule has 0 aromatic heterocycles. The lowest BCUT2D eigenvalue weighted by atomic mass is 9.94. The number of carbonyl (C=O) groups is 2. The van der Waals surface area contributed by atoms with E-state index < -0.39 is 0 Å². The number of benzene rings is 2. The molecule has 0 bridgehead atoms. The molecule has 2 aromatic rings. The summed E-state index contributed by atoms with van der Waals surface area (Å²) in [5, 5.41) is 1.62. The van der Waals surface area contributed by atoms with Gasteiger partial charge in [-0.25, -0.2) is 15.6 Å². The van der Waals surface area contributed by atoms with E-state index in [9.17, 15) is 9.59 Å². The summed E-state index contributed by atoms with van der Waals surface area (Å²) < 4.78 is 5.33. The minimum absolute atomic E-state index is 0.0942.